The van der Waals surface area contributed by atoms with Gasteiger partial charge in [-0.25, -0.2) is 0 Å². The van der Waals surface area contributed by atoms with Gasteiger partial charge in [-0.05, 0) is 102 Å². The zero-order chi connectivity index (χ0) is 39.4. The topological polar surface area (TPSA) is 65.1 Å². The number of carbonyl (C=O) groups excluding carboxylic acids is 2. The average molecular weight is 764 g/mol. The normalized spacial score (nSPS) is 14.6. The smallest absolute Gasteiger partial charge is 0.306 e. The van der Waals surface area contributed by atoms with E-state index in [9.17, 15) is 9.59 Å². The lowest BCUT2D eigenvalue weighted by atomic mass is 9.73. The quantitative estimate of drug-likeness (QED) is 0.0459. The zero-order valence-electron chi connectivity index (χ0n) is 37.0. The molecule has 1 rings (SSSR count). The van der Waals surface area contributed by atoms with Crippen LogP contribution < -0.4 is 0 Å². The van der Waals surface area contributed by atoms with Crippen LogP contribution in [0.5, 0.6) is 0 Å². The zero-order valence-corrected chi connectivity index (χ0v) is 37.0. The van der Waals surface area contributed by atoms with Crippen LogP contribution in [0.1, 0.15) is 246 Å². The van der Waals surface area contributed by atoms with Crippen molar-refractivity contribution in [3.63, 3.8) is 0 Å². The van der Waals surface area contributed by atoms with Crippen LogP contribution in [0.3, 0.4) is 0 Å². The first-order valence-electron chi connectivity index (χ1n) is 24.0. The molecule has 1 aliphatic rings. The van der Waals surface area contributed by atoms with Gasteiger partial charge in [-0.15, -0.1) is 0 Å². The van der Waals surface area contributed by atoms with E-state index in [4.69, 9.17) is 14.2 Å². The van der Waals surface area contributed by atoms with Crippen molar-refractivity contribution in [3.8, 4) is 0 Å². The Kier molecular flexibility index (Phi) is 34.1. The van der Waals surface area contributed by atoms with E-state index in [1.54, 1.807) is 7.11 Å². The SMILES string of the molecule is CCCCCCCCC(CCCCCCCC)OC(=O)CC1(CC(=O)OC(CCCCCCCC)CCCCCCCC)CCN(CCCCOC)CC1. The molecule has 1 aliphatic heterocycles. The van der Waals surface area contributed by atoms with Gasteiger partial charge in [0.1, 0.15) is 12.2 Å². The molecule has 6 nitrogen and oxygen atoms in total. The second kappa shape index (κ2) is 36.2. The van der Waals surface area contributed by atoms with Crippen LogP contribution in [-0.4, -0.2) is 62.4 Å². The molecule has 0 radical (unpaired) electrons. The number of hydrogen-bond donors (Lipinski definition) is 0. The van der Waals surface area contributed by atoms with E-state index in [2.05, 4.69) is 32.6 Å². The molecule has 0 amide bonds. The van der Waals surface area contributed by atoms with Crippen molar-refractivity contribution >= 4 is 11.9 Å². The predicted molar refractivity (Wildman–Crippen MR) is 230 cm³/mol. The first-order chi connectivity index (χ1) is 26.4. The summed E-state index contributed by atoms with van der Waals surface area (Å²) in [6.45, 7) is 12.7. The lowest BCUT2D eigenvalue weighted by Crippen LogP contribution is -2.43. The number of nitrogens with zero attached hydrogens (tertiary/aromatic N) is 1. The Balaban J connectivity index is 2.95. The summed E-state index contributed by atoms with van der Waals surface area (Å²) in [6.07, 6.45) is 38.4. The standard InChI is InChI=1S/C48H93NO5/c1-6-10-14-18-22-26-32-44(33-27-23-19-15-11-7-2)53-46(50)42-48(36-39-49(40-37-48)38-30-31-41-52-5)43-47(51)54-45(34-28-24-20-16-12-8-3)35-29-25-21-17-13-9-4/h44-45H,6-43H2,1-5H3. The first-order valence-corrected chi connectivity index (χ1v) is 24.0. The summed E-state index contributed by atoms with van der Waals surface area (Å²) in [7, 11) is 1.77. The third kappa shape index (κ3) is 28.3. The predicted octanol–water partition coefficient (Wildman–Crippen LogP) is 14.1. The molecule has 54 heavy (non-hydrogen) atoms. The van der Waals surface area contributed by atoms with Crippen LogP contribution in [-0.2, 0) is 23.8 Å². The van der Waals surface area contributed by atoms with Gasteiger partial charge in [-0.1, -0.05) is 156 Å². The number of rotatable bonds is 39. The molecule has 0 bridgehead atoms. The molecular formula is C48H93NO5. The summed E-state index contributed by atoms with van der Waals surface area (Å²) in [5.41, 5.74) is -0.382. The van der Waals surface area contributed by atoms with E-state index in [0.717, 1.165) is 103 Å². The Hall–Kier alpha value is -1.14. The molecule has 1 saturated heterocycles. The Bertz CT molecular complexity index is 755. The van der Waals surface area contributed by atoms with E-state index >= 15 is 0 Å². The highest BCUT2D eigenvalue weighted by molar-refractivity contribution is 5.74. The van der Waals surface area contributed by atoms with E-state index in [1.165, 1.54) is 128 Å². The molecule has 0 aromatic rings. The fourth-order valence-electron chi connectivity index (χ4n) is 8.45. The summed E-state index contributed by atoms with van der Waals surface area (Å²) in [5.74, 6) is -0.178. The molecule has 1 fully saturated rings. The highest BCUT2D eigenvalue weighted by Crippen LogP contribution is 2.40. The van der Waals surface area contributed by atoms with E-state index in [1.807, 2.05) is 0 Å². The molecule has 0 saturated carbocycles. The van der Waals surface area contributed by atoms with Gasteiger partial charge in [-0.2, -0.15) is 0 Å². The summed E-state index contributed by atoms with van der Waals surface area (Å²) in [6, 6.07) is 0. The minimum absolute atomic E-state index is 0.00115. The molecular weight excluding hydrogens is 671 g/mol. The van der Waals surface area contributed by atoms with Crippen molar-refractivity contribution in [2.45, 2.75) is 258 Å². The van der Waals surface area contributed by atoms with E-state index in [-0.39, 0.29) is 29.6 Å². The molecule has 1 heterocycles. The average Bonchev–Trinajstić information content (AvgIpc) is 3.16. The Morgan fingerprint density at radius 1 is 0.481 bits per heavy atom. The van der Waals surface area contributed by atoms with Crippen LogP contribution in [0.15, 0.2) is 0 Å². The number of methoxy groups -OCH3 is 1. The second-order valence-corrected chi connectivity index (χ2v) is 17.3. The van der Waals surface area contributed by atoms with Gasteiger partial charge in [0.05, 0.1) is 12.8 Å². The van der Waals surface area contributed by atoms with Crippen molar-refractivity contribution in [2.24, 2.45) is 5.41 Å². The summed E-state index contributed by atoms with van der Waals surface area (Å²) >= 11 is 0. The van der Waals surface area contributed by atoms with Gasteiger partial charge in [0.2, 0.25) is 0 Å². The number of carbonyl (C=O) groups is 2. The first kappa shape index (κ1) is 50.9. The monoisotopic (exact) mass is 764 g/mol. The number of ether oxygens (including phenoxy) is 3. The van der Waals surface area contributed by atoms with Gasteiger partial charge in [0.25, 0.3) is 0 Å². The van der Waals surface area contributed by atoms with Gasteiger partial charge < -0.3 is 19.1 Å². The Labute approximate surface area is 336 Å². The second-order valence-electron chi connectivity index (χ2n) is 17.3. The van der Waals surface area contributed by atoms with Crippen molar-refractivity contribution < 1.29 is 23.8 Å². The number of hydrogen-bond acceptors (Lipinski definition) is 6. The lowest BCUT2D eigenvalue weighted by molar-refractivity contribution is -0.158. The van der Waals surface area contributed by atoms with E-state index in [0.29, 0.717) is 12.8 Å². The minimum atomic E-state index is -0.382. The molecule has 6 heteroatoms. The van der Waals surface area contributed by atoms with Gasteiger partial charge >= 0.3 is 11.9 Å². The number of unbranched alkanes of at least 4 members (excludes halogenated alkanes) is 21. The van der Waals surface area contributed by atoms with Crippen molar-refractivity contribution in [2.75, 3.05) is 33.4 Å². The fraction of sp³-hybridized carbons (Fsp3) is 0.958. The molecule has 0 aromatic carbocycles. The third-order valence-corrected chi connectivity index (χ3v) is 12.1. The summed E-state index contributed by atoms with van der Waals surface area (Å²) in [4.78, 5) is 30.3. The third-order valence-electron chi connectivity index (χ3n) is 12.1. The van der Waals surface area contributed by atoms with Crippen molar-refractivity contribution in [1.82, 2.24) is 4.90 Å². The Morgan fingerprint density at radius 2 is 0.815 bits per heavy atom. The molecule has 0 N–H and O–H groups in total. The van der Waals surface area contributed by atoms with Gasteiger partial charge in [-0.3, -0.25) is 9.59 Å². The van der Waals surface area contributed by atoms with Crippen LogP contribution >= 0.6 is 0 Å². The van der Waals surface area contributed by atoms with E-state index < -0.39 is 0 Å². The highest BCUT2D eigenvalue weighted by Gasteiger charge is 2.40. The molecule has 0 atom stereocenters. The largest absolute Gasteiger partial charge is 0.462 e. The van der Waals surface area contributed by atoms with Crippen LogP contribution in [0.4, 0.5) is 0 Å². The van der Waals surface area contributed by atoms with Gasteiger partial charge in [0, 0.05) is 13.7 Å². The summed E-state index contributed by atoms with van der Waals surface area (Å²) < 4.78 is 18.0. The van der Waals surface area contributed by atoms with Crippen LogP contribution in [0, 0.1) is 5.41 Å². The van der Waals surface area contributed by atoms with Crippen LogP contribution in [0.25, 0.3) is 0 Å². The number of piperidine rings is 1. The molecule has 0 aromatic heterocycles. The van der Waals surface area contributed by atoms with Crippen LogP contribution in [0.2, 0.25) is 0 Å². The Morgan fingerprint density at radius 3 is 1.15 bits per heavy atom. The summed E-state index contributed by atoms with van der Waals surface area (Å²) in [5, 5.41) is 0. The lowest BCUT2D eigenvalue weighted by Gasteiger charge is -2.41. The molecule has 0 spiro atoms. The maximum atomic E-state index is 13.9. The number of likely N-dealkylation sites (tertiary alicyclic amines) is 1. The maximum Gasteiger partial charge on any atom is 0.306 e. The fourth-order valence-corrected chi connectivity index (χ4v) is 8.45. The van der Waals surface area contributed by atoms with Crippen molar-refractivity contribution in [3.05, 3.63) is 0 Å². The highest BCUT2D eigenvalue weighted by atomic mass is 16.5. The minimum Gasteiger partial charge on any atom is -0.462 e. The molecule has 0 unspecified atom stereocenters. The van der Waals surface area contributed by atoms with Crippen molar-refractivity contribution in [1.29, 1.82) is 0 Å². The number of esters is 2. The van der Waals surface area contributed by atoms with Gasteiger partial charge in [0.15, 0.2) is 0 Å². The molecule has 0 aliphatic carbocycles. The maximum absolute atomic E-state index is 13.9. The molecule has 320 valence electrons.